The van der Waals surface area contributed by atoms with E-state index in [4.69, 9.17) is 9.15 Å². The summed E-state index contributed by atoms with van der Waals surface area (Å²) >= 11 is 0. The lowest BCUT2D eigenvalue weighted by atomic mass is 10.1. The van der Waals surface area contributed by atoms with Crippen LogP contribution in [-0.2, 0) is 6.42 Å². The van der Waals surface area contributed by atoms with Crippen molar-refractivity contribution in [2.24, 2.45) is 5.92 Å². The molecule has 0 N–H and O–H groups in total. The van der Waals surface area contributed by atoms with Gasteiger partial charge in [0.1, 0.15) is 0 Å². The fraction of sp³-hybridized carbons (Fsp3) is 0.400. The van der Waals surface area contributed by atoms with E-state index < -0.39 is 0 Å². The van der Waals surface area contributed by atoms with Crippen molar-refractivity contribution in [3.8, 4) is 5.75 Å². The van der Waals surface area contributed by atoms with Crippen LogP contribution in [0.4, 0.5) is 0 Å². The lowest BCUT2D eigenvalue weighted by Crippen LogP contribution is -1.98. The van der Waals surface area contributed by atoms with E-state index in [9.17, 15) is 4.79 Å². The van der Waals surface area contributed by atoms with Gasteiger partial charge in [0, 0.05) is 11.3 Å². The average molecular weight is 244 g/mol. The smallest absolute Gasteiger partial charge is 0.201 e. The van der Waals surface area contributed by atoms with Gasteiger partial charge in [-0.15, -0.1) is 0 Å². The summed E-state index contributed by atoms with van der Waals surface area (Å²) in [7, 11) is 1.62. The molecule has 1 aliphatic carbocycles. The van der Waals surface area contributed by atoms with Gasteiger partial charge in [-0.1, -0.05) is 6.92 Å². The Morgan fingerprint density at radius 1 is 1.39 bits per heavy atom. The van der Waals surface area contributed by atoms with Gasteiger partial charge in [0.15, 0.2) is 17.1 Å². The minimum atomic E-state index is 0.131. The summed E-state index contributed by atoms with van der Waals surface area (Å²) in [6.45, 7) is 2.09. The number of fused-ring (bicyclic) bond motifs is 1. The van der Waals surface area contributed by atoms with Crippen molar-refractivity contribution in [2.45, 2.75) is 26.2 Å². The second kappa shape index (κ2) is 4.16. The third-order valence-corrected chi connectivity index (χ3v) is 3.46. The van der Waals surface area contributed by atoms with Crippen LogP contribution in [0.15, 0.2) is 22.6 Å². The van der Waals surface area contributed by atoms with Gasteiger partial charge >= 0.3 is 0 Å². The zero-order valence-corrected chi connectivity index (χ0v) is 10.7. The van der Waals surface area contributed by atoms with Gasteiger partial charge in [-0.25, -0.2) is 0 Å². The Balaban J connectivity index is 2.12. The molecule has 1 heterocycles. The average Bonchev–Trinajstić information content (AvgIpc) is 3.15. The Bertz CT molecular complexity index is 605. The van der Waals surface area contributed by atoms with Crippen LogP contribution >= 0.6 is 0 Å². The minimum absolute atomic E-state index is 0.131. The number of carbonyl (C=O) groups excluding carboxylic acids is 1. The second-order valence-electron chi connectivity index (χ2n) is 4.82. The Labute approximate surface area is 106 Å². The van der Waals surface area contributed by atoms with Crippen LogP contribution in [0.1, 0.15) is 35.9 Å². The number of hydrogen-bond donors (Lipinski definition) is 0. The zero-order chi connectivity index (χ0) is 12.7. The summed E-state index contributed by atoms with van der Waals surface area (Å²) in [4.78, 5) is 12.0. The first-order valence-electron chi connectivity index (χ1n) is 6.37. The first kappa shape index (κ1) is 11.3. The SMILES string of the molecule is CCc1cc(OC)c2oc(C(=O)C3CC3)cc2c1. The van der Waals surface area contributed by atoms with E-state index in [-0.39, 0.29) is 11.7 Å². The van der Waals surface area contributed by atoms with E-state index in [0.717, 1.165) is 24.6 Å². The molecule has 0 saturated heterocycles. The maximum Gasteiger partial charge on any atom is 0.201 e. The van der Waals surface area contributed by atoms with Crippen LogP contribution in [0.5, 0.6) is 5.75 Å². The molecule has 0 bridgehead atoms. The Kier molecular flexibility index (Phi) is 2.62. The molecule has 2 aromatic rings. The molecule has 3 nitrogen and oxygen atoms in total. The first-order chi connectivity index (χ1) is 8.72. The van der Waals surface area contributed by atoms with Gasteiger partial charge < -0.3 is 9.15 Å². The summed E-state index contributed by atoms with van der Waals surface area (Å²) < 4.78 is 11.0. The van der Waals surface area contributed by atoms with Crippen molar-refractivity contribution < 1.29 is 13.9 Å². The summed E-state index contributed by atoms with van der Waals surface area (Å²) in [6.07, 6.45) is 2.92. The quantitative estimate of drug-likeness (QED) is 0.771. The van der Waals surface area contributed by atoms with Gasteiger partial charge in [-0.3, -0.25) is 4.79 Å². The van der Waals surface area contributed by atoms with Crippen LogP contribution in [0.2, 0.25) is 0 Å². The normalized spacial score (nSPS) is 15.0. The fourth-order valence-corrected chi connectivity index (χ4v) is 2.20. The van der Waals surface area contributed by atoms with Crippen molar-refractivity contribution in [3.63, 3.8) is 0 Å². The molecule has 1 saturated carbocycles. The highest BCUT2D eigenvalue weighted by molar-refractivity contribution is 6.01. The molecule has 0 aliphatic heterocycles. The molecule has 0 unspecified atom stereocenters. The number of furan rings is 1. The van der Waals surface area contributed by atoms with Gasteiger partial charge in [0.2, 0.25) is 5.78 Å². The highest BCUT2D eigenvalue weighted by Gasteiger charge is 2.32. The number of rotatable bonds is 4. The lowest BCUT2D eigenvalue weighted by Gasteiger charge is -2.03. The predicted molar refractivity (Wildman–Crippen MR) is 69.2 cm³/mol. The molecule has 0 atom stereocenters. The lowest BCUT2D eigenvalue weighted by molar-refractivity contribution is 0.0942. The van der Waals surface area contributed by atoms with Crippen LogP contribution in [0, 0.1) is 5.92 Å². The number of hydrogen-bond acceptors (Lipinski definition) is 3. The van der Waals surface area contributed by atoms with Crippen LogP contribution in [-0.4, -0.2) is 12.9 Å². The molecular formula is C15H16O3. The Hall–Kier alpha value is -1.77. The molecule has 1 aromatic carbocycles. The van der Waals surface area contributed by atoms with Crippen molar-refractivity contribution in [2.75, 3.05) is 7.11 Å². The minimum Gasteiger partial charge on any atom is -0.493 e. The third-order valence-electron chi connectivity index (χ3n) is 3.46. The van der Waals surface area contributed by atoms with Crippen molar-refractivity contribution in [1.82, 2.24) is 0 Å². The largest absolute Gasteiger partial charge is 0.493 e. The van der Waals surface area contributed by atoms with Crippen LogP contribution < -0.4 is 4.74 Å². The summed E-state index contributed by atoms with van der Waals surface area (Å²) in [6, 6.07) is 5.87. The highest BCUT2D eigenvalue weighted by Crippen LogP contribution is 2.36. The van der Waals surface area contributed by atoms with Gasteiger partial charge in [0.05, 0.1) is 7.11 Å². The van der Waals surface area contributed by atoms with Crippen molar-refractivity contribution in [3.05, 3.63) is 29.5 Å². The topological polar surface area (TPSA) is 39.4 Å². The number of carbonyl (C=O) groups is 1. The van der Waals surface area contributed by atoms with Gasteiger partial charge in [-0.05, 0) is 43.0 Å². The van der Waals surface area contributed by atoms with E-state index in [1.807, 2.05) is 12.1 Å². The summed E-state index contributed by atoms with van der Waals surface area (Å²) in [5.74, 6) is 1.49. The summed E-state index contributed by atoms with van der Waals surface area (Å²) in [5.41, 5.74) is 1.87. The van der Waals surface area contributed by atoms with E-state index in [2.05, 4.69) is 13.0 Å². The highest BCUT2D eigenvalue weighted by atomic mass is 16.5. The number of ketones is 1. The Morgan fingerprint density at radius 3 is 2.78 bits per heavy atom. The fourth-order valence-electron chi connectivity index (χ4n) is 2.20. The molecule has 94 valence electrons. The number of aryl methyl sites for hydroxylation is 1. The first-order valence-corrected chi connectivity index (χ1v) is 6.37. The van der Waals surface area contributed by atoms with E-state index in [0.29, 0.717) is 17.1 Å². The molecule has 1 aliphatic rings. The molecular weight excluding hydrogens is 228 g/mol. The van der Waals surface area contributed by atoms with Crippen molar-refractivity contribution in [1.29, 1.82) is 0 Å². The van der Waals surface area contributed by atoms with Crippen LogP contribution in [0.3, 0.4) is 0 Å². The Morgan fingerprint density at radius 2 is 2.17 bits per heavy atom. The zero-order valence-electron chi connectivity index (χ0n) is 10.7. The monoisotopic (exact) mass is 244 g/mol. The number of Topliss-reactive ketones (excluding diaryl/α,β-unsaturated/α-hetero) is 1. The molecule has 0 radical (unpaired) electrons. The maximum absolute atomic E-state index is 12.0. The molecule has 0 amide bonds. The number of benzene rings is 1. The molecule has 1 fully saturated rings. The van der Waals surface area contributed by atoms with E-state index in [1.165, 1.54) is 5.56 Å². The third kappa shape index (κ3) is 1.80. The number of methoxy groups -OCH3 is 1. The maximum atomic E-state index is 12.0. The molecule has 3 heteroatoms. The van der Waals surface area contributed by atoms with Crippen LogP contribution in [0.25, 0.3) is 11.0 Å². The molecule has 18 heavy (non-hydrogen) atoms. The van der Waals surface area contributed by atoms with Gasteiger partial charge in [0.25, 0.3) is 0 Å². The molecule has 3 rings (SSSR count). The second-order valence-corrected chi connectivity index (χ2v) is 4.82. The predicted octanol–water partition coefficient (Wildman–Crippen LogP) is 3.60. The van der Waals surface area contributed by atoms with Crippen molar-refractivity contribution >= 4 is 16.8 Å². The van der Waals surface area contributed by atoms with E-state index >= 15 is 0 Å². The van der Waals surface area contributed by atoms with E-state index in [1.54, 1.807) is 7.11 Å². The summed E-state index contributed by atoms with van der Waals surface area (Å²) in [5, 5.41) is 0.954. The molecule has 1 aromatic heterocycles. The number of ether oxygens (including phenoxy) is 1. The molecule has 0 spiro atoms. The van der Waals surface area contributed by atoms with Gasteiger partial charge in [-0.2, -0.15) is 0 Å². The standard InChI is InChI=1S/C15H16O3/c1-3-9-6-11-8-12(14(16)10-4-5-10)18-15(11)13(7-9)17-2/h6-8,10H,3-5H2,1-2H3.